The quantitative estimate of drug-likeness (QED) is 0.621. The number of hydrogen-bond donors (Lipinski definition) is 0. The van der Waals surface area contributed by atoms with Crippen LogP contribution in [0.25, 0.3) is 5.65 Å². The smallest absolute Gasteiger partial charge is 0.205 e. The molecule has 19 heavy (non-hydrogen) atoms. The third-order valence-electron chi connectivity index (χ3n) is 2.77. The molecule has 0 atom stereocenters. The van der Waals surface area contributed by atoms with E-state index < -0.39 is 0 Å². The lowest BCUT2D eigenvalue weighted by atomic mass is 10.2. The number of methoxy groups -OCH3 is 1. The van der Waals surface area contributed by atoms with Gasteiger partial charge in [-0.15, -0.1) is 0 Å². The molecule has 2 rings (SSSR count). The van der Waals surface area contributed by atoms with Gasteiger partial charge in [0.25, 0.3) is 0 Å². The summed E-state index contributed by atoms with van der Waals surface area (Å²) in [6, 6.07) is 3.66. The molecule has 0 unspecified atom stereocenters. The molecule has 0 saturated carbocycles. The number of imidazole rings is 1. The molecule has 2 heterocycles. The Bertz CT molecular complexity index is 641. The van der Waals surface area contributed by atoms with Gasteiger partial charge in [-0.25, -0.2) is 4.98 Å². The lowest BCUT2D eigenvalue weighted by molar-refractivity contribution is 0.104. The van der Waals surface area contributed by atoms with Gasteiger partial charge in [-0.2, -0.15) is 0 Å². The van der Waals surface area contributed by atoms with Gasteiger partial charge >= 0.3 is 0 Å². The van der Waals surface area contributed by atoms with Crippen LogP contribution in [0.2, 0.25) is 0 Å². The van der Waals surface area contributed by atoms with E-state index in [2.05, 4.69) is 4.98 Å². The van der Waals surface area contributed by atoms with E-state index in [4.69, 9.17) is 4.74 Å². The van der Waals surface area contributed by atoms with Crippen LogP contribution >= 0.6 is 0 Å². The van der Waals surface area contributed by atoms with Gasteiger partial charge in [0.2, 0.25) is 5.78 Å². The Hall–Kier alpha value is -2.30. The van der Waals surface area contributed by atoms with Crippen LogP contribution in [0.15, 0.2) is 30.6 Å². The second kappa shape index (κ2) is 5.14. The Kier molecular flexibility index (Phi) is 3.55. The van der Waals surface area contributed by atoms with Crippen molar-refractivity contribution in [3.05, 3.63) is 42.0 Å². The summed E-state index contributed by atoms with van der Waals surface area (Å²) in [4.78, 5) is 18.4. The summed E-state index contributed by atoms with van der Waals surface area (Å²) in [7, 11) is 5.33. The Morgan fingerprint density at radius 2 is 2.21 bits per heavy atom. The van der Waals surface area contributed by atoms with Crippen molar-refractivity contribution in [2.75, 3.05) is 21.2 Å². The van der Waals surface area contributed by atoms with E-state index in [1.165, 1.54) is 6.08 Å². The summed E-state index contributed by atoms with van der Waals surface area (Å²) in [6.45, 7) is 1.82. The average Bonchev–Trinajstić information content (AvgIpc) is 2.71. The van der Waals surface area contributed by atoms with Crippen LogP contribution in [0.5, 0.6) is 5.75 Å². The van der Waals surface area contributed by atoms with Gasteiger partial charge in [0.15, 0.2) is 11.4 Å². The number of carbonyl (C=O) groups is 1. The second-order valence-electron chi connectivity index (χ2n) is 4.46. The third kappa shape index (κ3) is 2.45. The van der Waals surface area contributed by atoms with Crippen molar-refractivity contribution < 1.29 is 9.53 Å². The molecule has 0 aliphatic heterocycles. The lowest BCUT2D eigenvalue weighted by Crippen LogP contribution is -2.06. The first kappa shape index (κ1) is 13.1. The predicted molar refractivity (Wildman–Crippen MR) is 73.6 cm³/mol. The van der Waals surface area contributed by atoms with Crippen molar-refractivity contribution in [2.24, 2.45) is 0 Å². The third-order valence-corrected chi connectivity index (χ3v) is 2.77. The highest BCUT2D eigenvalue weighted by Gasteiger charge is 2.16. The van der Waals surface area contributed by atoms with E-state index in [-0.39, 0.29) is 5.78 Å². The molecule has 0 fully saturated rings. The number of rotatable bonds is 4. The van der Waals surface area contributed by atoms with E-state index in [9.17, 15) is 4.79 Å². The first-order chi connectivity index (χ1) is 9.04. The van der Waals surface area contributed by atoms with Crippen molar-refractivity contribution in [2.45, 2.75) is 6.92 Å². The van der Waals surface area contributed by atoms with Crippen LogP contribution in [0, 0.1) is 6.92 Å². The van der Waals surface area contributed by atoms with Crippen molar-refractivity contribution >= 4 is 11.4 Å². The minimum Gasteiger partial charge on any atom is -0.493 e. The van der Waals surface area contributed by atoms with Gasteiger partial charge in [0, 0.05) is 32.6 Å². The Labute approximate surface area is 112 Å². The van der Waals surface area contributed by atoms with Crippen LogP contribution in [0.4, 0.5) is 0 Å². The van der Waals surface area contributed by atoms with Gasteiger partial charge in [-0.05, 0) is 19.1 Å². The molecule has 0 amide bonds. The first-order valence-corrected chi connectivity index (χ1v) is 5.95. The summed E-state index contributed by atoms with van der Waals surface area (Å²) in [5.41, 5.74) is 1.91. The number of pyridine rings is 1. The number of ketones is 1. The zero-order valence-corrected chi connectivity index (χ0v) is 11.5. The summed E-state index contributed by atoms with van der Waals surface area (Å²) in [5.74, 6) is 0.577. The Balaban J connectivity index is 2.55. The molecule has 0 bridgehead atoms. The molecule has 0 saturated heterocycles. The average molecular weight is 259 g/mol. The van der Waals surface area contributed by atoms with Gasteiger partial charge in [0.1, 0.15) is 5.69 Å². The lowest BCUT2D eigenvalue weighted by Gasteiger charge is -2.04. The van der Waals surface area contributed by atoms with Crippen LogP contribution < -0.4 is 4.74 Å². The fourth-order valence-corrected chi connectivity index (χ4v) is 1.91. The molecule has 0 spiro atoms. The summed E-state index contributed by atoms with van der Waals surface area (Å²) in [6.07, 6.45) is 5.08. The largest absolute Gasteiger partial charge is 0.493 e. The highest BCUT2D eigenvalue weighted by atomic mass is 16.5. The standard InChI is InChI=1S/C14H17N3O2/c1-10-13(11(18)7-9-16(2)3)17-8-5-6-12(19-4)14(17)15-10/h5-9H,1-4H3/b9-7+. The topological polar surface area (TPSA) is 46.8 Å². The van der Waals surface area contributed by atoms with Crippen LogP contribution in [-0.4, -0.2) is 41.3 Å². The van der Waals surface area contributed by atoms with Crippen molar-refractivity contribution in [3.8, 4) is 5.75 Å². The van der Waals surface area contributed by atoms with Crippen molar-refractivity contribution in [3.63, 3.8) is 0 Å². The molecular weight excluding hydrogens is 242 g/mol. The van der Waals surface area contributed by atoms with Crippen molar-refractivity contribution in [1.82, 2.24) is 14.3 Å². The Morgan fingerprint density at radius 3 is 2.84 bits per heavy atom. The van der Waals surface area contributed by atoms with Crippen LogP contribution in [-0.2, 0) is 0 Å². The van der Waals surface area contributed by atoms with Crippen LogP contribution in [0.3, 0.4) is 0 Å². The second-order valence-corrected chi connectivity index (χ2v) is 4.46. The number of nitrogens with zero attached hydrogens (tertiary/aromatic N) is 3. The normalized spacial score (nSPS) is 11.2. The fraction of sp³-hybridized carbons (Fsp3) is 0.286. The summed E-state index contributed by atoms with van der Waals surface area (Å²) >= 11 is 0. The van der Waals surface area contributed by atoms with E-state index in [0.717, 1.165) is 0 Å². The van der Waals surface area contributed by atoms with E-state index in [1.807, 2.05) is 44.2 Å². The number of ether oxygens (including phenoxy) is 1. The molecular formula is C14H17N3O2. The molecule has 5 nitrogen and oxygen atoms in total. The van der Waals surface area contributed by atoms with E-state index in [1.54, 1.807) is 17.7 Å². The van der Waals surface area contributed by atoms with Gasteiger partial charge in [0.05, 0.1) is 12.8 Å². The zero-order chi connectivity index (χ0) is 14.0. The molecule has 0 aromatic carbocycles. The van der Waals surface area contributed by atoms with Gasteiger partial charge in [-0.3, -0.25) is 9.20 Å². The molecule has 0 aliphatic rings. The van der Waals surface area contributed by atoms with Crippen LogP contribution in [0.1, 0.15) is 16.2 Å². The molecule has 5 heteroatoms. The maximum atomic E-state index is 12.2. The zero-order valence-electron chi connectivity index (χ0n) is 11.5. The minimum absolute atomic E-state index is 0.0769. The Morgan fingerprint density at radius 1 is 1.47 bits per heavy atom. The summed E-state index contributed by atoms with van der Waals surface area (Å²) in [5, 5.41) is 0. The number of fused-ring (bicyclic) bond motifs is 1. The fourth-order valence-electron chi connectivity index (χ4n) is 1.91. The molecule has 0 aliphatic carbocycles. The number of hydrogen-bond acceptors (Lipinski definition) is 4. The highest BCUT2D eigenvalue weighted by Crippen LogP contribution is 2.21. The monoisotopic (exact) mass is 259 g/mol. The SMILES string of the molecule is COc1cccn2c(C(=O)/C=C/N(C)C)c(C)nc12. The highest BCUT2D eigenvalue weighted by molar-refractivity contribution is 6.04. The molecule has 2 aromatic rings. The van der Waals surface area contributed by atoms with E-state index >= 15 is 0 Å². The van der Waals surface area contributed by atoms with E-state index in [0.29, 0.717) is 22.8 Å². The molecule has 100 valence electrons. The maximum Gasteiger partial charge on any atom is 0.205 e. The van der Waals surface area contributed by atoms with Crippen molar-refractivity contribution in [1.29, 1.82) is 0 Å². The minimum atomic E-state index is -0.0769. The number of aromatic nitrogens is 2. The molecule has 0 radical (unpaired) electrons. The number of allylic oxidation sites excluding steroid dienone is 1. The first-order valence-electron chi connectivity index (χ1n) is 5.95. The van der Waals surface area contributed by atoms with Gasteiger partial charge < -0.3 is 9.64 Å². The molecule has 0 N–H and O–H groups in total. The van der Waals surface area contributed by atoms with Gasteiger partial charge in [-0.1, -0.05) is 0 Å². The summed E-state index contributed by atoms with van der Waals surface area (Å²) < 4.78 is 7.01. The number of carbonyl (C=O) groups excluding carboxylic acids is 1. The predicted octanol–water partition coefficient (Wildman–Crippen LogP) is 1.91. The molecule has 2 aromatic heterocycles. The maximum absolute atomic E-state index is 12.2. The number of aryl methyl sites for hydroxylation is 1.